The Morgan fingerprint density at radius 3 is 2.64 bits per heavy atom. The van der Waals surface area contributed by atoms with E-state index in [1.807, 2.05) is 5.38 Å². The van der Waals surface area contributed by atoms with Gasteiger partial charge in [0.1, 0.15) is 0 Å². The number of amides is 1. The molecular weight excluding hydrogens is 390 g/mol. The highest BCUT2D eigenvalue weighted by Gasteiger charge is 2.21. The number of thiazole rings is 1. The third-order valence-electron chi connectivity index (χ3n) is 2.78. The maximum absolute atomic E-state index is 12.2. The Labute approximate surface area is 141 Å². The van der Waals surface area contributed by atoms with Crippen LogP contribution >= 0.6 is 27.3 Å². The number of rotatable bonds is 6. The van der Waals surface area contributed by atoms with E-state index in [1.165, 1.54) is 30.4 Å². The van der Waals surface area contributed by atoms with Gasteiger partial charge in [-0.25, -0.2) is 13.4 Å². The maximum atomic E-state index is 12.2. The third-order valence-corrected chi connectivity index (χ3v) is 5.50. The highest BCUT2D eigenvalue weighted by atomic mass is 79.9. The normalized spacial score (nSPS) is 12.8. The van der Waals surface area contributed by atoms with Crippen molar-refractivity contribution in [2.75, 3.05) is 0 Å². The lowest BCUT2D eigenvalue weighted by Crippen LogP contribution is -2.44. The molecule has 118 valence electrons. The summed E-state index contributed by atoms with van der Waals surface area (Å²) in [5, 5.41) is 4.46. The van der Waals surface area contributed by atoms with Crippen LogP contribution in [0.25, 0.3) is 0 Å². The standard InChI is InChI=1S/C13H14BrN3O3S2/c1-9(13(18)15-6-11-7-21-8-16-11)17-22(19,20)12-4-2-10(14)3-5-12/h2-5,7-9,17H,6H2,1H3,(H,15,18). The molecule has 2 rings (SSSR count). The Balaban J connectivity index is 1.96. The van der Waals surface area contributed by atoms with E-state index in [2.05, 4.69) is 31.0 Å². The van der Waals surface area contributed by atoms with E-state index >= 15 is 0 Å². The van der Waals surface area contributed by atoms with Crippen molar-refractivity contribution in [1.29, 1.82) is 0 Å². The zero-order valence-electron chi connectivity index (χ0n) is 11.6. The zero-order valence-corrected chi connectivity index (χ0v) is 14.8. The molecule has 1 atom stereocenters. The minimum absolute atomic E-state index is 0.106. The number of halogens is 1. The summed E-state index contributed by atoms with van der Waals surface area (Å²) in [6.45, 7) is 1.76. The molecule has 0 aliphatic carbocycles. The molecule has 0 aliphatic rings. The van der Waals surface area contributed by atoms with E-state index in [0.29, 0.717) is 0 Å². The predicted octanol–water partition coefficient (Wildman–Crippen LogP) is 1.89. The van der Waals surface area contributed by atoms with E-state index in [0.717, 1.165) is 10.2 Å². The van der Waals surface area contributed by atoms with Gasteiger partial charge in [0.25, 0.3) is 0 Å². The molecular formula is C13H14BrN3O3S2. The summed E-state index contributed by atoms with van der Waals surface area (Å²) < 4.78 is 27.5. The fraction of sp³-hybridized carbons (Fsp3) is 0.231. The lowest BCUT2D eigenvalue weighted by molar-refractivity contribution is -0.122. The number of carbonyl (C=O) groups excluding carboxylic acids is 1. The molecule has 2 N–H and O–H groups in total. The summed E-state index contributed by atoms with van der Waals surface area (Å²) in [5.74, 6) is -0.409. The quantitative estimate of drug-likeness (QED) is 0.770. The second-order valence-electron chi connectivity index (χ2n) is 4.49. The summed E-state index contributed by atoms with van der Waals surface area (Å²) >= 11 is 4.67. The molecule has 2 aromatic rings. The molecule has 0 bridgehead atoms. The van der Waals surface area contributed by atoms with E-state index < -0.39 is 22.0 Å². The summed E-state index contributed by atoms with van der Waals surface area (Å²) in [7, 11) is -3.74. The molecule has 0 fully saturated rings. The van der Waals surface area contributed by atoms with Gasteiger partial charge in [-0.2, -0.15) is 4.72 Å². The molecule has 1 heterocycles. The molecule has 0 saturated carbocycles. The van der Waals surface area contributed by atoms with Gasteiger partial charge in [0, 0.05) is 9.85 Å². The lowest BCUT2D eigenvalue weighted by Gasteiger charge is -2.14. The molecule has 22 heavy (non-hydrogen) atoms. The van der Waals surface area contributed by atoms with Crippen molar-refractivity contribution in [2.45, 2.75) is 24.4 Å². The summed E-state index contributed by atoms with van der Waals surface area (Å²) in [6, 6.07) is 5.30. The maximum Gasteiger partial charge on any atom is 0.241 e. The van der Waals surface area contributed by atoms with Gasteiger partial charge < -0.3 is 5.32 Å². The van der Waals surface area contributed by atoms with Crippen LogP contribution in [0.2, 0.25) is 0 Å². The van der Waals surface area contributed by atoms with Crippen LogP contribution in [0.15, 0.2) is 44.5 Å². The summed E-state index contributed by atoms with van der Waals surface area (Å²) in [6.07, 6.45) is 0. The number of aromatic nitrogens is 1. The van der Waals surface area contributed by atoms with Gasteiger partial charge in [-0.3, -0.25) is 4.79 Å². The second kappa shape index (κ2) is 7.32. The molecule has 0 radical (unpaired) electrons. The van der Waals surface area contributed by atoms with Crippen molar-refractivity contribution in [3.63, 3.8) is 0 Å². The van der Waals surface area contributed by atoms with Crippen LogP contribution in [0.3, 0.4) is 0 Å². The molecule has 1 unspecified atom stereocenters. The average molecular weight is 404 g/mol. The summed E-state index contributed by atoms with van der Waals surface area (Å²) in [5.41, 5.74) is 2.41. The minimum Gasteiger partial charge on any atom is -0.349 e. The van der Waals surface area contributed by atoms with Crippen molar-refractivity contribution in [3.8, 4) is 0 Å². The second-order valence-corrected chi connectivity index (χ2v) is 7.84. The molecule has 0 saturated heterocycles. The average Bonchev–Trinajstić information content (AvgIpc) is 2.98. The number of nitrogens with one attached hydrogen (secondary N) is 2. The van der Waals surface area contributed by atoms with E-state index in [-0.39, 0.29) is 11.4 Å². The SMILES string of the molecule is CC(NS(=O)(=O)c1ccc(Br)cc1)C(=O)NCc1cscn1. The molecule has 1 aromatic carbocycles. The van der Waals surface area contributed by atoms with Crippen molar-refractivity contribution < 1.29 is 13.2 Å². The van der Waals surface area contributed by atoms with Crippen LogP contribution < -0.4 is 10.0 Å². The first-order valence-corrected chi connectivity index (χ1v) is 9.53. The number of hydrogen-bond donors (Lipinski definition) is 2. The zero-order chi connectivity index (χ0) is 16.2. The molecule has 1 aromatic heterocycles. The van der Waals surface area contributed by atoms with Crippen LogP contribution in [0.1, 0.15) is 12.6 Å². The van der Waals surface area contributed by atoms with Crippen LogP contribution in [0.4, 0.5) is 0 Å². The Kier molecular flexibility index (Phi) is 5.68. The minimum atomic E-state index is -3.74. The van der Waals surface area contributed by atoms with Crippen molar-refractivity contribution in [1.82, 2.24) is 15.0 Å². The van der Waals surface area contributed by atoms with Crippen molar-refractivity contribution in [2.24, 2.45) is 0 Å². The number of hydrogen-bond acceptors (Lipinski definition) is 5. The first kappa shape index (κ1) is 17.1. The fourth-order valence-electron chi connectivity index (χ4n) is 1.62. The van der Waals surface area contributed by atoms with Crippen molar-refractivity contribution in [3.05, 3.63) is 45.3 Å². The lowest BCUT2D eigenvalue weighted by atomic mass is 10.3. The Bertz CT molecular complexity index is 730. The molecule has 0 aliphatic heterocycles. The first-order valence-electron chi connectivity index (χ1n) is 6.31. The summed E-state index contributed by atoms with van der Waals surface area (Å²) in [4.78, 5) is 16.1. The van der Waals surface area contributed by atoms with Gasteiger partial charge in [0.05, 0.1) is 28.7 Å². The van der Waals surface area contributed by atoms with Crippen LogP contribution in [0.5, 0.6) is 0 Å². The van der Waals surface area contributed by atoms with Gasteiger partial charge in [-0.1, -0.05) is 15.9 Å². The van der Waals surface area contributed by atoms with Crippen molar-refractivity contribution >= 4 is 43.2 Å². The molecule has 1 amide bonds. The number of sulfonamides is 1. The van der Waals surface area contributed by atoms with Crippen LogP contribution in [-0.2, 0) is 21.4 Å². The highest BCUT2D eigenvalue weighted by Crippen LogP contribution is 2.14. The Morgan fingerprint density at radius 2 is 2.05 bits per heavy atom. The number of nitrogens with zero attached hydrogens (tertiary/aromatic N) is 1. The highest BCUT2D eigenvalue weighted by molar-refractivity contribution is 9.10. The van der Waals surface area contributed by atoms with Gasteiger partial charge in [-0.05, 0) is 31.2 Å². The monoisotopic (exact) mass is 403 g/mol. The molecule has 9 heteroatoms. The Morgan fingerprint density at radius 1 is 1.36 bits per heavy atom. The number of carbonyl (C=O) groups is 1. The predicted molar refractivity (Wildman–Crippen MR) is 87.9 cm³/mol. The van der Waals surface area contributed by atoms with Crippen LogP contribution in [-0.4, -0.2) is 25.4 Å². The van der Waals surface area contributed by atoms with Crippen LogP contribution in [0, 0.1) is 0 Å². The molecule has 6 nitrogen and oxygen atoms in total. The van der Waals surface area contributed by atoms with Gasteiger partial charge in [0.15, 0.2) is 0 Å². The van der Waals surface area contributed by atoms with Gasteiger partial charge in [0.2, 0.25) is 15.9 Å². The first-order chi connectivity index (χ1) is 10.4. The smallest absolute Gasteiger partial charge is 0.241 e. The topological polar surface area (TPSA) is 88.2 Å². The van der Waals surface area contributed by atoms with Gasteiger partial charge in [-0.15, -0.1) is 11.3 Å². The van der Waals surface area contributed by atoms with E-state index in [4.69, 9.17) is 0 Å². The number of benzene rings is 1. The largest absolute Gasteiger partial charge is 0.349 e. The van der Waals surface area contributed by atoms with E-state index in [9.17, 15) is 13.2 Å². The molecule has 0 spiro atoms. The van der Waals surface area contributed by atoms with Gasteiger partial charge >= 0.3 is 0 Å². The third kappa shape index (κ3) is 4.60. The fourth-order valence-corrected chi connectivity index (χ4v) is 3.65. The Hall–Kier alpha value is -1.29. The van der Waals surface area contributed by atoms with E-state index in [1.54, 1.807) is 17.6 Å².